The number of carbonyl (C=O) groups excluding carboxylic acids is 2. The fourth-order valence-electron chi connectivity index (χ4n) is 4.05. The third kappa shape index (κ3) is 7.45. The summed E-state index contributed by atoms with van der Waals surface area (Å²) in [5.74, 6) is -1.77. The lowest BCUT2D eigenvalue weighted by molar-refractivity contribution is -0.154. The molecule has 0 saturated carbocycles. The maximum absolute atomic E-state index is 13.1. The van der Waals surface area contributed by atoms with Gasteiger partial charge in [0.2, 0.25) is 0 Å². The van der Waals surface area contributed by atoms with Gasteiger partial charge in [0, 0.05) is 23.6 Å². The van der Waals surface area contributed by atoms with E-state index in [0.717, 1.165) is 21.8 Å². The van der Waals surface area contributed by atoms with Crippen molar-refractivity contribution in [1.29, 1.82) is 0 Å². The number of nitrogens with zero attached hydrogens (tertiary/aromatic N) is 1. The van der Waals surface area contributed by atoms with Gasteiger partial charge in [0.25, 0.3) is 0 Å². The van der Waals surface area contributed by atoms with Gasteiger partial charge in [-0.1, -0.05) is 51.5 Å². The van der Waals surface area contributed by atoms with Crippen molar-refractivity contribution < 1.29 is 24.5 Å². The molecule has 0 spiro atoms. The smallest absolute Gasteiger partial charge is 0.309 e. The Labute approximate surface area is 207 Å². The van der Waals surface area contributed by atoms with Crippen LogP contribution in [0, 0.1) is 24.2 Å². The normalized spacial score (nSPS) is 32.6. The van der Waals surface area contributed by atoms with Gasteiger partial charge in [-0.25, -0.2) is 4.98 Å². The number of aliphatic hydroxyl groups excluding tert-OH is 2. The minimum Gasteiger partial charge on any atom is -0.457 e. The van der Waals surface area contributed by atoms with Gasteiger partial charge >= 0.3 is 5.97 Å². The zero-order valence-electron chi connectivity index (χ0n) is 21.4. The topological polar surface area (TPSA) is 96.7 Å². The number of ketones is 1. The highest BCUT2D eigenvalue weighted by Crippen LogP contribution is 2.31. The van der Waals surface area contributed by atoms with Crippen LogP contribution in [0.4, 0.5) is 0 Å². The van der Waals surface area contributed by atoms with E-state index >= 15 is 0 Å². The highest BCUT2D eigenvalue weighted by Gasteiger charge is 2.42. The van der Waals surface area contributed by atoms with E-state index in [1.54, 1.807) is 32.1 Å². The van der Waals surface area contributed by atoms with Crippen LogP contribution in [0.1, 0.15) is 71.5 Å². The van der Waals surface area contributed by atoms with Gasteiger partial charge in [-0.2, -0.15) is 0 Å². The first-order valence-electron chi connectivity index (χ1n) is 11.9. The SMILES string of the molecule is C/C1=C/C[C@@H](/C(C)=C/c2csc(C)n2)OC(=O)C[C@H](O)C(C)(C)C(=O)[C@H](C)C(O)[C@@H](C)/C=C/C1. The Hall–Kier alpha value is -2.09. The molecule has 188 valence electrons. The molecule has 2 heterocycles. The largest absolute Gasteiger partial charge is 0.457 e. The zero-order valence-corrected chi connectivity index (χ0v) is 22.2. The molecule has 7 heteroatoms. The average molecular weight is 490 g/mol. The van der Waals surface area contributed by atoms with E-state index in [-0.39, 0.29) is 18.1 Å². The van der Waals surface area contributed by atoms with E-state index in [1.807, 2.05) is 57.4 Å². The van der Waals surface area contributed by atoms with Crippen LogP contribution in [-0.4, -0.2) is 45.3 Å². The third-order valence-corrected chi connectivity index (χ3v) is 7.44. The average Bonchev–Trinajstić information content (AvgIpc) is 3.18. The minimum atomic E-state index is -1.23. The minimum absolute atomic E-state index is 0.225. The number of esters is 1. The maximum Gasteiger partial charge on any atom is 0.309 e. The molecule has 6 nitrogen and oxygen atoms in total. The number of aliphatic hydroxyl groups is 2. The molecule has 0 amide bonds. The summed E-state index contributed by atoms with van der Waals surface area (Å²) in [6.45, 7) is 12.6. The summed E-state index contributed by atoms with van der Waals surface area (Å²) < 4.78 is 5.79. The summed E-state index contributed by atoms with van der Waals surface area (Å²) in [6, 6.07) is 0. The van der Waals surface area contributed by atoms with E-state index in [0.29, 0.717) is 12.8 Å². The first kappa shape index (κ1) is 28.1. The number of aryl methyl sites for hydroxylation is 1. The van der Waals surface area contributed by atoms with Crippen molar-refractivity contribution in [3.05, 3.63) is 45.5 Å². The summed E-state index contributed by atoms with van der Waals surface area (Å²) in [5.41, 5.74) is 1.57. The molecule has 5 atom stereocenters. The highest BCUT2D eigenvalue weighted by molar-refractivity contribution is 7.09. The number of hydrogen-bond acceptors (Lipinski definition) is 7. The number of carbonyl (C=O) groups is 2. The van der Waals surface area contributed by atoms with Crippen LogP contribution in [0.25, 0.3) is 6.08 Å². The monoisotopic (exact) mass is 489 g/mol. The number of hydrogen-bond donors (Lipinski definition) is 2. The molecule has 1 aromatic heterocycles. The molecule has 34 heavy (non-hydrogen) atoms. The third-order valence-electron chi connectivity index (χ3n) is 6.65. The molecule has 2 rings (SSSR count). The summed E-state index contributed by atoms with van der Waals surface area (Å²) in [7, 11) is 0. The van der Waals surface area contributed by atoms with Gasteiger partial charge in [0.15, 0.2) is 0 Å². The highest BCUT2D eigenvalue weighted by atomic mass is 32.1. The molecule has 0 aliphatic carbocycles. The van der Waals surface area contributed by atoms with Gasteiger partial charge in [0.1, 0.15) is 11.9 Å². The van der Waals surface area contributed by atoms with Crippen molar-refractivity contribution in [2.45, 2.75) is 86.0 Å². The molecule has 1 unspecified atom stereocenters. The summed E-state index contributed by atoms with van der Waals surface area (Å²) in [6.07, 6.45) is 6.13. The van der Waals surface area contributed by atoms with Crippen molar-refractivity contribution in [2.75, 3.05) is 0 Å². The van der Waals surface area contributed by atoms with Crippen LogP contribution in [0.2, 0.25) is 0 Å². The molecule has 1 aromatic rings. The molecule has 1 aliphatic rings. The van der Waals surface area contributed by atoms with Crippen molar-refractivity contribution >= 4 is 29.2 Å². The second-order valence-corrected chi connectivity index (χ2v) is 11.1. The van der Waals surface area contributed by atoms with Crippen molar-refractivity contribution in [1.82, 2.24) is 4.98 Å². The van der Waals surface area contributed by atoms with Crippen molar-refractivity contribution in [2.24, 2.45) is 17.3 Å². The standard InChI is InChI=1S/C27H39NO5S/c1-16-9-8-10-17(2)25(31)19(4)26(32)27(6,7)23(29)14-24(30)33-22(12-11-16)18(3)13-21-15-34-20(5)28-21/h8,10-11,13,15,17,19,22-23,25,29,31H,9,12,14H2,1-7H3/b10-8+,16-11-,18-13+/t17-,19+,22-,23-,25?/m0/s1. The molecule has 1 aliphatic heterocycles. The molecule has 2 N–H and O–H groups in total. The van der Waals surface area contributed by atoms with Crippen LogP contribution in [-0.2, 0) is 14.3 Å². The lowest BCUT2D eigenvalue weighted by Crippen LogP contribution is -2.45. The van der Waals surface area contributed by atoms with Crippen LogP contribution in [0.3, 0.4) is 0 Å². The zero-order chi connectivity index (χ0) is 25.6. The van der Waals surface area contributed by atoms with E-state index in [1.165, 1.54) is 0 Å². The molecular formula is C27H39NO5S. The number of rotatable bonds is 2. The van der Waals surface area contributed by atoms with E-state index in [4.69, 9.17) is 4.74 Å². The Balaban J connectivity index is 2.37. The van der Waals surface area contributed by atoms with Crippen molar-refractivity contribution in [3.8, 4) is 0 Å². The predicted molar refractivity (Wildman–Crippen MR) is 136 cm³/mol. The Morgan fingerprint density at radius 3 is 2.53 bits per heavy atom. The Bertz CT molecular complexity index is 958. The second-order valence-electron chi connectivity index (χ2n) is 10.0. The van der Waals surface area contributed by atoms with E-state index < -0.39 is 35.6 Å². The summed E-state index contributed by atoms with van der Waals surface area (Å²) >= 11 is 1.56. The molecule has 0 saturated heterocycles. The number of aromatic nitrogens is 1. The second kappa shape index (κ2) is 12.0. The van der Waals surface area contributed by atoms with E-state index in [9.17, 15) is 19.8 Å². The van der Waals surface area contributed by atoms with Gasteiger partial charge in [0.05, 0.1) is 34.7 Å². The fraction of sp³-hybridized carbons (Fsp3) is 0.593. The summed E-state index contributed by atoms with van der Waals surface area (Å²) in [4.78, 5) is 30.4. The number of allylic oxidation sites excluding steroid dienone is 2. The van der Waals surface area contributed by atoms with E-state index in [2.05, 4.69) is 4.98 Å². The number of ether oxygens (including phenoxy) is 1. The first-order valence-corrected chi connectivity index (χ1v) is 12.7. The molecule has 0 radical (unpaired) electrons. The number of cyclic esters (lactones) is 1. The van der Waals surface area contributed by atoms with Crippen LogP contribution in [0.5, 0.6) is 0 Å². The molecule has 0 aromatic carbocycles. The molecule has 0 fully saturated rings. The van der Waals surface area contributed by atoms with Gasteiger partial charge in [-0.3, -0.25) is 9.59 Å². The van der Waals surface area contributed by atoms with Gasteiger partial charge < -0.3 is 14.9 Å². The van der Waals surface area contributed by atoms with Crippen LogP contribution in [0.15, 0.2) is 34.8 Å². The quantitative estimate of drug-likeness (QED) is 0.446. The van der Waals surface area contributed by atoms with Crippen LogP contribution >= 0.6 is 11.3 Å². The Morgan fingerprint density at radius 1 is 1.24 bits per heavy atom. The Kier molecular flexibility index (Phi) is 9.97. The maximum atomic E-state index is 13.1. The van der Waals surface area contributed by atoms with Gasteiger partial charge in [-0.05, 0) is 38.8 Å². The first-order chi connectivity index (χ1) is 15.8. The lowest BCUT2D eigenvalue weighted by Gasteiger charge is -2.34. The van der Waals surface area contributed by atoms with Gasteiger partial charge in [-0.15, -0.1) is 11.3 Å². The number of Topliss-reactive ketones (excluding diaryl/α,β-unsaturated/α-hetero) is 1. The Morgan fingerprint density at radius 2 is 1.91 bits per heavy atom. The number of thiazole rings is 1. The fourth-order valence-corrected chi connectivity index (χ4v) is 4.62. The summed E-state index contributed by atoms with van der Waals surface area (Å²) in [5, 5.41) is 24.4. The van der Waals surface area contributed by atoms with Crippen LogP contribution < -0.4 is 0 Å². The van der Waals surface area contributed by atoms with Crippen molar-refractivity contribution in [3.63, 3.8) is 0 Å². The molecular weight excluding hydrogens is 450 g/mol. The lowest BCUT2D eigenvalue weighted by atomic mass is 9.73. The predicted octanol–water partition coefficient (Wildman–Crippen LogP) is 5.04. The molecule has 0 bridgehead atoms.